The molecule has 0 saturated heterocycles. The van der Waals surface area contributed by atoms with E-state index >= 15 is 0 Å². The molecule has 0 unspecified atom stereocenters. The Morgan fingerprint density at radius 2 is 2.27 bits per heavy atom. The summed E-state index contributed by atoms with van der Waals surface area (Å²) in [4.78, 5) is 0. The molecule has 0 atom stereocenters. The first-order valence-electron chi connectivity index (χ1n) is 4.41. The van der Waals surface area contributed by atoms with Crippen molar-refractivity contribution in [2.75, 3.05) is 13.7 Å². The van der Waals surface area contributed by atoms with Crippen molar-refractivity contribution < 1.29 is 13.2 Å². The molecule has 0 aliphatic heterocycles. The lowest BCUT2D eigenvalue weighted by atomic mass is 10.1. The Morgan fingerprint density at radius 1 is 1.60 bits per heavy atom. The number of nitrogens with zero attached hydrogens (tertiary/aromatic N) is 1. The third-order valence-corrected chi connectivity index (χ3v) is 3.34. The highest BCUT2D eigenvalue weighted by Gasteiger charge is 2.22. The molecule has 1 aromatic rings. The van der Waals surface area contributed by atoms with Gasteiger partial charge in [-0.15, -0.1) is 0 Å². The van der Waals surface area contributed by atoms with Crippen molar-refractivity contribution in [3.05, 3.63) is 12.3 Å². The summed E-state index contributed by atoms with van der Waals surface area (Å²) in [5.41, 5.74) is -0.535. The number of rotatable bonds is 5. The predicted molar refractivity (Wildman–Crippen MR) is 54.9 cm³/mol. The second-order valence-corrected chi connectivity index (χ2v) is 5.44. The summed E-state index contributed by atoms with van der Waals surface area (Å²) < 4.78 is 30.8. The lowest BCUT2D eigenvalue weighted by Gasteiger charge is -2.22. The lowest BCUT2D eigenvalue weighted by Crippen LogP contribution is -2.39. The number of nitrogens with one attached hydrogen (secondary N) is 2. The van der Waals surface area contributed by atoms with E-state index in [-0.39, 0.29) is 11.6 Å². The Morgan fingerprint density at radius 3 is 2.73 bits per heavy atom. The number of aromatic amines is 1. The number of methoxy groups -OCH3 is 1. The zero-order valence-corrected chi connectivity index (χ0v) is 9.76. The van der Waals surface area contributed by atoms with Gasteiger partial charge in [-0.2, -0.15) is 5.10 Å². The topological polar surface area (TPSA) is 84.1 Å². The van der Waals surface area contributed by atoms with Gasteiger partial charge in [0, 0.05) is 13.7 Å². The third kappa shape index (κ3) is 3.29. The second kappa shape index (κ2) is 4.30. The third-order valence-electron chi connectivity index (χ3n) is 2.01. The van der Waals surface area contributed by atoms with Gasteiger partial charge in [0.15, 0.2) is 5.03 Å². The smallest absolute Gasteiger partial charge is 0.257 e. The fourth-order valence-corrected chi connectivity index (χ4v) is 1.92. The van der Waals surface area contributed by atoms with Crippen LogP contribution in [0.3, 0.4) is 0 Å². The molecule has 0 amide bonds. The molecule has 6 nitrogen and oxygen atoms in total. The molecule has 0 bridgehead atoms. The maximum Gasteiger partial charge on any atom is 0.257 e. The Balaban J connectivity index is 2.67. The number of hydrogen-bond acceptors (Lipinski definition) is 4. The zero-order chi connectivity index (χ0) is 11.5. The number of H-pyrrole nitrogens is 1. The van der Waals surface area contributed by atoms with Crippen LogP contribution in [0.15, 0.2) is 17.3 Å². The Kier molecular flexibility index (Phi) is 3.48. The van der Waals surface area contributed by atoms with Crippen molar-refractivity contribution in [2.24, 2.45) is 0 Å². The molecule has 1 aromatic heterocycles. The zero-order valence-electron chi connectivity index (χ0n) is 8.94. The van der Waals surface area contributed by atoms with Crippen molar-refractivity contribution in [1.29, 1.82) is 0 Å². The molecule has 1 rings (SSSR count). The highest BCUT2D eigenvalue weighted by atomic mass is 32.2. The Bertz CT molecular complexity index is 397. The van der Waals surface area contributed by atoms with E-state index in [1.165, 1.54) is 19.4 Å². The van der Waals surface area contributed by atoms with Crippen LogP contribution < -0.4 is 4.72 Å². The summed E-state index contributed by atoms with van der Waals surface area (Å²) in [6.45, 7) is 3.79. The van der Waals surface area contributed by atoms with E-state index in [0.717, 1.165) is 0 Å². The monoisotopic (exact) mass is 233 g/mol. The van der Waals surface area contributed by atoms with Gasteiger partial charge >= 0.3 is 0 Å². The van der Waals surface area contributed by atoms with Gasteiger partial charge in [0.2, 0.25) is 0 Å². The van der Waals surface area contributed by atoms with Crippen LogP contribution in [0.25, 0.3) is 0 Å². The van der Waals surface area contributed by atoms with Crippen LogP contribution >= 0.6 is 0 Å². The Hall–Kier alpha value is -0.920. The van der Waals surface area contributed by atoms with Gasteiger partial charge in [-0.25, -0.2) is 13.1 Å². The molecule has 0 aliphatic rings. The molecule has 1 heterocycles. The van der Waals surface area contributed by atoms with Crippen LogP contribution in [0.4, 0.5) is 0 Å². The van der Waals surface area contributed by atoms with E-state index in [1.54, 1.807) is 13.8 Å². The molecule has 0 fully saturated rings. The first-order valence-corrected chi connectivity index (χ1v) is 5.90. The summed E-state index contributed by atoms with van der Waals surface area (Å²) in [6.07, 6.45) is 1.38. The summed E-state index contributed by atoms with van der Waals surface area (Å²) in [7, 11) is -1.98. The normalized spacial score (nSPS) is 13.0. The summed E-state index contributed by atoms with van der Waals surface area (Å²) >= 11 is 0. The molecule has 15 heavy (non-hydrogen) atoms. The van der Waals surface area contributed by atoms with Crippen molar-refractivity contribution in [3.63, 3.8) is 0 Å². The van der Waals surface area contributed by atoms with E-state index in [2.05, 4.69) is 14.9 Å². The predicted octanol–water partition coefficient (Wildman–Crippen LogP) is 0.113. The number of aromatic nitrogens is 2. The Labute approximate surface area is 89.1 Å². The summed E-state index contributed by atoms with van der Waals surface area (Å²) in [5.74, 6) is 0. The van der Waals surface area contributed by atoms with Gasteiger partial charge < -0.3 is 4.74 Å². The summed E-state index contributed by atoms with van der Waals surface area (Å²) in [6, 6.07) is 1.39. The average Bonchev–Trinajstić information content (AvgIpc) is 2.69. The minimum absolute atomic E-state index is 0.0504. The molecule has 86 valence electrons. The number of sulfonamides is 1. The molecule has 0 aliphatic carbocycles. The fraction of sp³-hybridized carbons (Fsp3) is 0.625. The highest BCUT2D eigenvalue weighted by molar-refractivity contribution is 7.89. The molecular formula is C8H15N3O3S. The van der Waals surface area contributed by atoms with Crippen molar-refractivity contribution in [2.45, 2.75) is 24.5 Å². The van der Waals surface area contributed by atoms with E-state index < -0.39 is 15.6 Å². The van der Waals surface area contributed by atoms with Gasteiger partial charge in [-0.3, -0.25) is 5.10 Å². The van der Waals surface area contributed by atoms with Crippen LogP contribution in [-0.4, -0.2) is 37.9 Å². The molecule has 2 N–H and O–H groups in total. The largest absolute Gasteiger partial charge is 0.377 e. The molecular weight excluding hydrogens is 218 g/mol. The van der Waals surface area contributed by atoms with Gasteiger partial charge in [0.05, 0.1) is 11.8 Å². The van der Waals surface area contributed by atoms with Gasteiger partial charge in [-0.1, -0.05) is 0 Å². The fourth-order valence-electron chi connectivity index (χ4n) is 0.812. The van der Waals surface area contributed by atoms with Crippen LogP contribution in [0.5, 0.6) is 0 Å². The highest BCUT2D eigenvalue weighted by Crippen LogP contribution is 2.08. The molecule has 0 aromatic carbocycles. The van der Waals surface area contributed by atoms with Crippen molar-refractivity contribution in [1.82, 2.24) is 14.9 Å². The average molecular weight is 233 g/mol. The molecule has 0 spiro atoms. The molecule has 7 heteroatoms. The first-order chi connectivity index (χ1) is 6.87. The summed E-state index contributed by atoms with van der Waals surface area (Å²) in [5, 5.41) is 6.02. The van der Waals surface area contributed by atoms with Gasteiger partial charge in [0.1, 0.15) is 0 Å². The van der Waals surface area contributed by atoms with Crippen molar-refractivity contribution in [3.8, 4) is 0 Å². The van der Waals surface area contributed by atoms with E-state index in [0.29, 0.717) is 0 Å². The van der Waals surface area contributed by atoms with Gasteiger partial charge in [-0.05, 0) is 19.9 Å². The maximum absolute atomic E-state index is 11.6. The number of ether oxygens (including phenoxy) is 1. The molecule has 0 saturated carbocycles. The van der Waals surface area contributed by atoms with E-state index in [4.69, 9.17) is 4.74 Å². The van der Waals surface area contributed by atoms with E-state index in [1.807, 2.05) is 0 Å². The second-order valence-electron chi connectivity index (χ2n) is 3.71. The van der Waals surface area contributed by atoms with E-state index in [9.17, 15) is 8.42 Å². The molecule has 0 radical (unpaired) electrons. The van der Waals surface area contributed by atoms with Crippen LogP contribution in [0.1, 0.15) is 13.8 Å². The standard InChI is InChI=1S/C8H15N3O3S/c1-8(2,14-3)6-10-15(12,13)7-4-5-9-11-7/h4-5,10H,6H2,1-3H3,(H,9,11). The number of hydrogen-bond donors (Lipinski definition) is 2. The lowest BCUT2D eigenvalue weighted by molar-refractivity contribution is 0.0276. The van der Waals surface area contributed by atoms with Gasteiger partial charge in [0.25, 0.3) is 10.0 Å². The van der Waals surface area contributed by atoms with Crippen LogP contribution in [-0.2, 0) is 14.8 Å². The maximum atomic E-state index is 11.6. The quantitative estimate of drug-likeness (QED) is 0.756. The van der Waals surface area contributed by atoms with Crippen molar-refractivity contribution >= 4 is 10.0 Å². The first kappa shape index (κ1) is 12.2. The van der Waals surface area contributed by atoms with Crippen LogP contribution in [0, 0.1) is 0 Å². The minimum Gasteiger partial charge on any atom is -0.377 e. The minimum atomic E-state index is -3.51. The SMILES string of the molecule is COC(C)(C)CNS(=O)(=O)c1ccn[nH]1. The van der Waals surface area contributed by atoms with Crippen LogP contribution in [0.2, 0.25) is 0 Å².